The summed E-state index contributed by atoms with van der Waals surface area (Å²) in [6.45, 7) is 2.94. The largest absolute Gasteiger partial charge is 0.464 e. The molecular formula is C8H16N2O4. The molecule has 6 heteroatoms. The van der Waals surface area contributed by atoms with E-state index in [9.17, 15) is 9.59 Å². The predicted octanol–water partition coefficient (Wildman–Crippen LogP) is -1.36. The van der Waals surface area contributed by atoms with Crippen LogP contribution in [0.3, 0.4) is 0 Å². The number of esters is 1. The summed E-state index contributed by atoms with van der Waals surface area (Å²) in [5.74, 6) is -0.808. The summed E-state index contributed by atoms with van der Waals surface area (Å²) in [6, 6.07) is 0. The van der Waals surface area contributed by atoms with Gasteiger partial charge in [0.2, 0.25) is 5.91 Å². The Labute approximate surface area is 82.7 Å². The summed E-state index contributed by atoms with van der Waals surface area (Å²) in [7, 11) is 0. The van der Waals surface area contributed by atoms with Gasteiger partial charge < -0.3 is 20.5 Å². The van der Waals surface area contributed by atoms with Gasteiger partial charge in [0.25, 0.3) is 0 Å². The molecular weight excluding hydrogens is 188 g/mol. The highest BCUT2D eigenvalue weighted by Crippen LogP contribution is 1.80. The third-order valence-corrected chi connectivity index (χ3v) is 1.25. The molecule has 0 aromatic heterocycles. The maximum Gasteiger partial charge on any atom is 0.332 e. The van der Waals surface area contributed by atoms with Crippen LogP contribution in [0.25, 0.3) is 0 Å². The van der Waals surface area contributed by atoms with Crippen molar-refractivity contribution in [3.63, 3.8) is 0 Å². The Morgan fingerprint density at radius 2 is 2.14 bits per heavy atom. The summed E-state index contributed by atoms with van der Waals surface area (Å²) in [5, 5.41) is 2.74. The zero-order valence-corrected chi connectivity index (χ0v) is 8.25. The minimum atomic E-state index is -0.421. The molecule has 0 bridgehead atoms. The Bertz CT molecular complexity index is 184. The van der Waals surface area contributed by atoms with Crippen LogP contribution in [0.4, 0.5) is 0 Å². The van der Waals surface area contributed by atoms with Gasteiger partial charge in [0, 0.05) is 6.54 Å². The summed E-state index contributed by atoms with van der Waals surface area (Å²) in [6.07, 6.45) is 0. The summed E-state index contributed by atoms with van der Waals surface area (Å²) in [5.41, 5.74) is 4.88. The number of hydrogen-bond donors (Lipinski definition) is 2. The average Bonchev–Trinajstić information content (AvgIpc) is 2.11. The monoisotopic (exact) mass is 204 g/mol. The molecule has 0 heterocycles. The van der Waals surface area contributed by atoms with E-state index in [2.05, 4.69) is 10.1 Å². The summed E-state index contributed by atoms with van der Waals surface area (Å²) in [4.78, 5) is 21.0. The van der Waals surface area contributed by atoms with Crippen molar-refractivity contribution in [3.8, 4) is 0 Å². The molecule has 0 spiro atoms. The topological polar surface area (TPSA) is 90.7 Å². The van der Waals surface area contributed by atoms with Crippen LogP contribution >= 0.6 is 0 Å². The highest BCUT2D eigenvalue weighted by Gasteiger charge is 2.00. The lowest BCUT2D eigenvalue weighted by Gasteiger charge is -2.04. The van der Waals surface area contributed by atoms with Crippen molar-refractivity contribution in [1.29, 1.82) is 0 Å². The van der Waals surface area contributed by atoms with Gasteiger partial charge in [0.1, 0.15) is 6.61 Å². The van der Waals surface area contributed by atoms with Crippen molar-refractivity contribution in [2.24, 2.45) is 5.73 Å². The Balaban J connectivity index is 3.13. The molecule has 0 aromatic carbocycles. The second kappa shape index (κ2) is 8.46. The van der Waals surface area contributed by atoms with Gasteiger partial charge in [0.15, 0.2) is 0 Å². The van der Waals surface area contributed by atoms with Gasteiger partial charge in [-0.2, -0.15) is 0 Å². The van der Waals surface area contributed by atoms with E-state index < -0.39 is 5.91 Å². The third-order valence-electron chi connectivity index (χ3n) is 1.25. The number of primary amides is 1. The maximum absolute atomic E-state index is 10.7. The van der Waals surface area contributed by atoms with Crippen LogP contribution in [0, 0.1) is 0 Å². The van der Waals surface area contributed by atoms with E-state index in [1.807, 2.05) is 0 Å². The molecule has 0 saturated carbocycles. The second-order valence-corrected chi connectivity index (χ2v) is 2.50. The van der Waals surface area contributed by atoms with Gasteiger partial charge in [-0.05, 0) is 6.92 Å². The number of nitrogens with two attached hydrogens (primary N) is 1. The van der Waals surface area contributed by atoms with E-state index in [-0.39, 0.29) is 19.1 Å². The van der Waals surface area contributed by atoms with Gasteiger partial charge >= 0.3 is 5.97 Å². The Hall–Kier alpha value is -1.14. The number of nitrogens with one attached hydrogen (secondary N) is 1. The van der Waals surface area contributed by atoms with E-state index in [0.717, 1.165) is 0 Å². The molecule has 0 aromatic rings. The molecule has 0 atom stereocenters. The number of ether oxygens (including phenoxy) is 2. The fraction of sp³-hybridized carbons (Fsp3) is 0.750. The average molecular weight is 204 g/mol. The number of carbonyl (C=O) groups is 2. The Morgan fingerprint density at radius 1 is 1.43 bits per heavy atom. The lowest BCUT2D eigenvalue weighted by atomic mass is 10.5. The van der Waals surface area contributed by atoms with Crippen LogP contribution in [0.15, 0.2) is 0 Å². The lowest BCUT2D eigenvalue weighted by Crippen LogP contribution is -2.31. The molecule has 14 heavy (non-hydrogen) atoms. The minimum Gasteiger partial charge on any atom is -0.464 e. The van der Waals surface area contributed by atoms with Crippen molar-refractivity contribution in [2.75, 3.05) is 32.9 Å². The molecule has 0 rings (SSSR count). The fourth-order valence-corrected chi connectivity index (χ4v) is 0.714. The first-order valence-electron chi connectivity index (χ1n) is 4.39. The quantitative estimate of drug-likeness (QED) is 0.376. The molecule has 0 saturated heterocycles. The Kier molecular flexibility index (Phi) is 7.77. The SMILES string of the molecule is CCOC(=O)COCCNCC(N)=O. The summed E-state index contributed by atoms with van der Waals surface area (Å²) >= 11 is 0. The van der Waals surface area contributed by atoms with Crippen LogP contribution in [0.2, 0.25) is 0 Å². The highest BCUT2D eigenvalue weighted by molar-refractivity contribution is 5.75. The zero-order chi connectivity index (χ0) is 10.8. The first-order valence-corrected chi connectivity index (χ1v) is 4.39. The normalized spacial score (nSPS) is 9.79. The standard InChI is InChI=1S/C8H16N2O4/c1-2-14-8(12)6-13-4-3-10-5-7(9)11/h10H,2-6H2,1H3,(H2,9,11). The minimum absolute atomic E-state index is 0.0634. The van der Waals surface area contributed by atoms with Crippen molar-refractivity contribution in [3.05, 3.63) is 0 Å². The van der Waals surface area contributed by atoms with Gasteiger partial charge in [0.05, 0.1) is 19.8 Å². The second-order valence-electron chi connectivity index (χ2n) is 2.50. The predicted molar refractivity (Wildman–Crippen MR) is 49.5 cm³/mol. The highest BCUT2D eigenvalue weighted by atomic mass is 16.6. The van der Waals surface area contributed by atoms with Crippen LogP contribution < -0.4 is 11.1 Å². The molecule has 1 amide bonds. The van der Waals surface area contributed by atoms with Crippen molar-refractivity contribution < 1.29 is 19.1 Å². The van der Waals surface area contributed by atoms with Crippen LogP contribution in [-0.2, 0) is 19.1 Å². The van der Waals surface area contributed by atoms with Gasteiger partial charge in [-0.3, -0.25) is 4.79 Å². The van der Waals surface area contributed by atoms with Crippen molar-refractivity contribution >= 4 is 11.9 Å². The molecule has 0 aliphatic heterocycles. The fourth-order valence-electron chi connectivity index (χ4n) is 0.714. The van der Waals surface area contributed by atoms with Crippen LogP contribution in [0.5, 0.6) is 0 Å². The molecule has 3 N–H and O–H groups in total. The van der Waals surface area contributed by atoms with E-state index >= 15 is 0 Å². The van der Waals surface area contributed by atoms with E-state index in [1.54, 1.807) is 6.92 Å². The van der Waals surface area contributed by atoms with Gasteiger partial charge in [-0.25, -0.2) is 4.79 Å². The summed E-state index contributed by atoms with van der Waals surface area (Å²) < 4.78 is 9.57. The lowest BCUT2D eigenvalue weighted by molar-refractivity contribution is -0.148. The number of carbonyl (C=O) groups excluding carboxylic acids is 2. The smallest absolute Gasteiger partial charge is 0.332 e. The van der Waals surface area contributed by atoms with E-state index in [0.29, 0.717) is 19.8 Å². The number of amides is 1. The van der Waals surface area contributed by atoms with Crippen molar-refractivity contribution in [2.45, 2.75) is 6.92 Å². The number of rotatable bonds is 8. The molecule has 6 nitrogen and oxygen atoms in total. The molecule has 0 fully saturated rings. The van der Waals surface area contributed by atoms with Crippen LogP contribution in [0.1, 0.15) is 6.92 Å². The Morgan fingerprint density at radius 3 is 2.71 bits per heavy atom. The van der Waals surface area contributed by atoms with Gasteiger partial charge in [-0.1, -0.05) is 0 Å². The maximum atomic E-state index is 10.7. The van der Waals surface area contributed by atoms with Crippen molar-refractivity contribution in [1.82, 2.24) is 5.32 Å². The first kappa shape index (κ1) is 12.9. The number of hydrogen-bond acceptors (Lipinski definition) is 5. The molecule has 82 valence electrons. The van der Waals surface area contributed by atoms with Crippen LogP contribution in [-0.4, -0.2) is 44.8 Å². The van der Waals surface area contributed by atoms with E-state index in [4.69, 9.17) is 10.5 Å². The third kappa shape index (κ3) is 8.95. The molecule has 0 unspecified atom stereocenters. The molecule has 0 radical (unpaired) electrons. The van der Waals surface area contributed by atoms with E-state index in [1.165, 1.54) is 0 Å². The zero-order valence-electron chi connectivity index (χ0n) is 8.25. The molecule has 0 aliphatic rings. The molecule has 0 aliphatic carbocycles. The first-order chi connectivity index (χ1) is 6.66. The van der Waals surface area contributed by atoms with Gasteiger partial charge in [-0.15, -0.1) is 0 Å².